The van der Waals surface area contributed by atoms with Crippen LogP contribution < -0.4 is 25.4 Å². The van der Waals surface area contributed by atoms with Crippen molar-refractivity contribution in [3.63, 3.8) is 0 Å². The molecule has 9 rings (SSSR count). The highest BCUT2D eigenvalue weighted by Gasteiger charge is 2.42. The molecule has 0 aliphatic carbocycles. The van der Waals surface area contributed by atoms with Crippen LogP contribution in [-0.4, -0.2) is 18.5 Å². The lowest BCUT2D eigenvalue weighted by Crippen LogP contribution is -2.58. The Balaban J connectivity index is 1.44. The number of anilines is 4. The van der Waals surface area contributed by atoms with E-state index in [2.05, 4.69) is 161 Å². The van der Waals surface area contributed by atoms with Gasteiger partial charge in [0.05, 0.1) is 33.8 Å². The predicted octanol–water partition coefficient (Wildman–Crippen LogP) is 7.91. The zero-order valence-corrected chi connectivity index (χ0v) is 23.1. The minimum atomic E-state index is -0.0795. The first-order valence-corrected chi connectivity index (χ1v) is 14.4. The summed E-state index contributed by atoms with van der Waals surface area (Å²) in [5.41, 5.74) is 10.6. The third-order valence-corrected chi connectivity index (χ3v) is 8.81. The molecule has 0 N–H and O–H groups in total. The average molecular weight is 539 g/mol. The summed E-state index contributed by atoms with van der Waals surface area (Å²) in [6, 6.07) is 49.7. The lowest BCUT2D eigenvalue weighted by atomic mass is 9.47. The fraction of sp³-hybridized carbons (Fsp3) is 0.0270. The maximum atomic E-state index is 6.47. The van der Waals surface area contributed by atoms with Crippen LogP contribution in [0.2, 0.25) is 0 Å². The summed E-state index contributed by atoms with van der Waals surface area (Å²) in [7, 11) is 2.18. The van der Waals surface area contributed by atoms with Crippen LogP contribution in [0, 0.1) is 0 Å². The molecule has 0 saturated heterocycles. The van der Waals surface area contributed by atoms with Crippen LogP contribution in [0.3, 0.4) is 0 Å². The number of aromatic nitrogens is 1. The highest BCUT2D eigenvalue weighted by Crippen LogP contribution is 2.53. The molecular formula is C37H26BN3O. The molecule has 6 aromatic carbocycles. The Hall–Kier alpha value is -5.42. The molecule has 0 atom stereocenters. The number of hydrogen-bond donors (Lipinski definition) is 0. The van der Waals surface area contributed by atoms with E-state index in [1.54, 1.807) is 0 Å². The molecule has 42 heavy (non-hydrogen) atoms. The first-order chi connectivity index (χ1) is 20.8. The molecule has 1 aromatic heterocycles. The van der Waals surface area contributed by atoms with E-state index in [9.17, 15) is 0 Å². The Morgan fingerprint density at radius 3 is 1.90 bits per heavy atom. The van der Waals surface area contributed by atoms with Gasteiger partial charge in [0.15, 0.2) is 0 Å². The minimum absolute atomic E-state index is 0.0795. The molecule has 5 heteroatoms. The van der Waals surface area contributed by atoms with E-state index in [1.807, 2.05) is 0 Å². The van der Waals surface area contributed by atoms with Crippen LogP contribution in [0.5, 0.6) is 11.5 Å². The fourth-order valence-electron chi connectivity index (χ4n) is 7.03. The average Bonchev–Trinajstić information content (AvgIpc) is 3.39. The molecule has 0 bridgehead atoms. The van der Waals surface area contributed by atoms with Crippen molar-refractivity contribution in [3.8, 4) is 17.2 Å². The number of rotatable bonds is 2. The van der Waals surface area contributed by atoms with Gasteiger partial charge in [-0.1, -0.05) is 84.9 Å². The zero-order valence-electron chi connectivity index (χ0n) is 23.1. The highest BCUT2D eigenvalue weighted by molar-refractivity contribution is 6.91. The van der Waals surface area contributed by atoms with Crippen LogP contribution in [0.4, 0.5) is 22.7 Å². The molecule has 2 aliphatic rings. The maximum Gasteiger partial charge on any atom is 0.335 e. The van der Waals surface area contributed by atoms with Crippen molar-refractivity contribution in [2.24, 2.45) is 0 Å². The summed E-state index contributed by atoms with van der Waals surface area (Å²) in [6.45, 7) is -0.0795. The third-order valence-electron chi connectivity index (χ3n) is 8.81. The summed E-state index contributed by atoms with van der Waals surface area (Å²) in [4.78, 5) is 4.90. The second-order valence-electron chi connectivity index (χ2n) is 11.0. The first-order valence-electron chi connectivity index (χ1n) is 14.4. The Morgan fingerprint density at radius 1 is 0.524 bits per heavy atom. The molecule has 198 valence electrons. The van der Waals surface area contributed by atoms with Gasteiger partial charge < -0.3 is 19.0 Å². The molecule has 4 nitrogen and oxygen atoms in total. The van der Waals surface area contributed by atoms with Crippen LogP contribution in [0.15, 0.2) is 140 Å². The summed E-state index contributed by atoms with van der Waals surface area (Å²) in [5, 5.41) is 2.48. The highest BCUT2D eigenvalue weighted by atomic mass is 16.5. The van der Waals surface area contributed by atoms with Crippen LogP contribution >= 0.6 is 0 Å². The Morgan fingerprint density at radius 2 is 1.14 bits per heavy atom. The van der Waals surface area contributed by atoms with Crippen molar-refractivity contribution in [1.29, 1.82) is 0 Å². The standard InChI is InChI=1S/C37H26BN3O/c1-39-30-19-9-10-20-31(30)41(38-27-16-6-11-21-34(27)42-35-22-12-7-17-28(35)38)37-33(39)24-23-32-36(37)26-15-5-8-18-29(26)40(32)25-13-3-2-4-14-25/h2-24H,1H3. The van der Waals surface area contributed by atoms with Crippen molar-refractivity contribution < 1.29 is 4.74 Å². The molecule has 0 radical (unpaired) electrons. The molecule has 0 saturated carbocycles. The molecule has 2 aliphatic heterocycles. The van der Waals surface area contributed by atoms with Gasteiger partial charge in [-0.15, -0.1) is 0 Å². The van der Waals surface area contributed by atoms with Gasteiger partial charge >= 0.3 is 6.85 Å². The van der Waals surface area contributed by atoms with Gasteiger partial charge in [0.1, 0.15) is 11.5 Å². The molecule has 3 heterocycles. The van der Waals surface area contributed by atoms with E-state index < -0.39 is 0 Å². The molecule has 0 unspecified atom stereocenters. The van der Waals surface area contributed by atoms with Crippen molar-refractivity contribution in [2.75, 3.05) is 16.8 Å². The quantitative estimate of drug-likeness (QED) is 0.208. The number of para-hydroxylation sites is 6. The Bertz CT molecular complexity index is 2120. The fourth-order valence-corrected chi connectivity index (χ4v) is 7.03. The van der Waals surface area contributed by atoms with Gasteiger partial charge in [0.2, 0.25) is 0 Å². The summed E-state index contributed by atoms with van der Waals surface area (Å²) in [5.74, 6) is 1.80. The maximum absolute atomic E-state index is 6.47. The number of benzene rings is 6. The summed E-state index contributed by atoms with van der Waals surface area (Å²) in [6.07, 6.45) is 0. The molecule has 7 aromatic rings. The van der Waals surface area contributed by atoms with E-state index in [0.717, 1.165) is 28.1 Å². The molecule has 0 amide bonds. The van der Waals surface area contributed by atoms with Gasteiger partial charge in [-0.2, -0.15) is 0 Å². The van der Waals surface area contributed by atoms with Gasteiger partial charge in [-0.05, 0) is 65.5 Å². The molecular weight excluding hydrogens is 513 g/mol. The Labute approximate surface area is 244 Å². The second kappa shape index (κ2) is 8.79. The third kappa shape index (κ3) is 3.13. The van der Waals surface area contributed by atoms with Gasteiger partial charge in [-0.3, -0.25) is 0 Å². The van der Waals surface area contributed by atoms with Crippen LogP contribution in [0.1, 0.15) is 0 Å². The number of nitrogens with zero attached hydrogens (tertiary/aromatic N) is 3. The van der Waals surface area contributed by atoms with Crippen molar-refractivity contribution in [2.45, 2.75) is 0 Å². The van der Waals surface area contributed by atoms with Gasteiger partial charge in [0, 0.05) is 23.5 Å². The van der Waals surface area contributed by atoms with E-state index in [4.69, 9.17) is 4.74 Å². The Kier molecular flexibility index (Phi) is 4.88. The minimum Gasteiger partial charge on any atom is -0.458 e. The van der Waals surface area contributed by atoms with Crippen molar-refractivity contribution >= 4 is 62.3 Å². The second-order valence-corrected chi connectivity index (χ2v) is 11.0. The van der Waals surface area contributed by atoms with Gasteiger partial charge in [0.25, 0.3) is 0 Å². The molecule has 0 spiro atoms. The summed E-state index contributed by atoms with van der Waals surface area (Å²) >= 11 is 0. The topological polar surface area (TPSA) is 20.6 Å². The van der Waals surface area contributed by atoms with E-state index in [0.29, 0.717) is 0 Å². The van der Waals surface area contributed by atoms with E-state index >= 15 is 0 Å². The van der Waals surface area contributed by atoms with E-state index in [1.165, 1.54) is 44.6 Å². The number of ether oxygens (including phenoxy) is 1. The SMILES string of the molecule is CN1c2ccccc2N(B2c3ccccc3Oc3ccccc32)c2c1ccc1c2c2ccccc2n1-c1ccccc1. The largest absolute Gasteiger partial charge is 0.458 e. The lowest BCUT2D eigenvalue weighted by Gasteiger charge is -2.44. The first kappa shape index (κ1) is 23.3. The number of hydrogen-bond acceptors (Lipinski definition) is 3. The van der Waals surface area contributed by atoms with Crippen molar-refractivity contribution in [3.05, 3.63) is 140 Å². The summed E-state index contributed by atoms with van der Waals surface area (Å²) < 4.78 is 8.87. The normalized spacial score (nSPS) is 13.4. The number of fused-ring (bicyclic) bond motifs is 8. The monoisotopic (exact) mass is 539 g/mol. The smallest absolute Gasteiger partial charge is 0.335 e. The molecule has 0 fully saturated rings. The van der Waals surface area contributed by atoms with E-state index in [-0.39, 0.29) is 6.85 Å². The zero-order chi connectivity index (χ0) is 27.8. The van der Waals surface area contributed by atoms with Crippen LogP contribution in [-0.2, 0) is 0 Å². The predicted molar refractivity (Wildman–Crippen MR) is 175 cm³/mol. The van der Waals surface area contributed by atoms with Crippen LogP contribution in [0.25, 0.3) is 27.5 Å². The van der Waals surface area contributed by atoms with Crippen molar-refractivity contribution in [1.82, 2.24) is 4.57 Å². The lowest BCUT2D eigenvalue weighted by molar-refractivity contribution is 0.487. The van der Waals surface area contributed by atoms with Gasteiger partial charge in [-0.25, -0.2) is 0 Å².